The van der Waals surface area contributed by atoms with E-state index in [1.54, 1.807) is 22.8 Å². The topological polar surface area (TPSA) is 64.8 Å². The van der Waals surface area contributed by atoms with Gasteiger partial charge in [-0.3, -0.25) is 14.2 Å². The molecular weight excluding hydrogens is 242 g/mol. The van der Waals surface area contributed by atoms with E-state index in [-0.39, 0.29) is 0 Å². The molecule has 0 saturated heterocycles. The molecule has 92 valence electrons. The zero-order valence-corrected chi connectivity index (χ0v) is 9.85. The van der Waals surface area contributed by atoms with Gasteiger partial charge in [0.2, 0.25) is 0 Å². The maximum atomic E-state index is 10.7. The van der Waals surface area contributed by atoms with Crippen molar-refractivity contribution in [3.8, 4) is 5.82 Å². The Balaban J connectivity index is 2.13. The standard InChI is InChI=1S/C14H9N3O2/c18-8-10-1-2-13(15-6-10)17-4-3-12-5-11(9-19)7-16-14(12)17/h1-9H. The van der Waals surface area contributed by atoms with Crippen molar-refractivity contribution < 1.29 is 9.59 Å². The van der Waals surface area contributed by atoms with Crippen molar-refractivity contribution in [1.82, 2.24) is 14.5 Å². The largest absolute Gasteiger partial charge is 0.298 e. The Labute approximate surface area is 108 Å². The predicted octanol–water partition coefficient (Wildman–Crippen LogP) is 2.05. The van der Waals surface area contributed by atoms with Crippen LogP contribution in [-0.4, -0.2) is 27.1 Å². The smallest absolute Gasteiger partial charge is 0.151 e. The van der Waals surface area contributed by atoms with E-state index in [1.165, 1.54) is 12.4 Å². The SMILES string of the molecule is O=Cc1ccc(-n2ccc3cc(C=O)cnc32)nc1. The summed E-state index contributed by atoms with van der Waals surface area (Å²) in [4.78, 5) is 29.8. The summed E-state index contributed by atoms with van der Waals surface area (Å²) in [7, 11) is 0. The first kappa shape index (κ1) is 11.3. The minimum absolute atomic E-state index is 0.524. The lowest BCUT2D eigenvalue weighted by atomic mass is 10.2. The van der Waals surface area contributed by atoms with E-state index in [0.29, 0.717) is 16.9 Å². The number of aromatic nitrogens is 3. The minimum atomic E-state index is 0.524. The second-order valence-corrected chi connectivity index (χ2v) is 4.05. The van der Waals surface area contributed by atoms with Gasteiger partial charge in [-0.1, -0.05) is 0 Å². The van der Waals surface area contributed by atoms with Gasteiger partial charge in [0.15, 0.2) is 12.6 Å². The number of aldehydes is 2. The van der Waals surface area contributed by atoms with Crippen LogP contribution in [0.4, 0.5) is 0 Å². The monoisotopic (exact) mass is 251 g/mol. The van der Waals surface area contributed by atoms with Crippen molar-refractivity contribution >= 4 is 23.6 Å². The van der Waals surface area contributed by atoms with Gasteiger partial charge < -0.3 is 0 Å². The first-order chi connectivity index (χ1) is 9.31. The molecule has 0 fully saturated rings. The van der Waals surface area contributed by atoms with Gasteiger partial charge in [0, 0.05) is 35.1 Å². The zero-order valence-electron chi connectivity index (χ0n) is 9.85. The van der Waals surface area contributed by atoms with Gasteiger partial charge in [-0.25, -0.2) is 9.97 Å². The fraction of sp³-hybridized carbons (Fsp3) is 0. The summed E-state index contributed by atoms with van der Waals surface area (Å²) in [5, 5.41) is 0.867. The number of carbonyl (C=O) groups excluding carboxylic acids is 2. The molecule has 3 rings (SSSR count). The molecule has 0 N–H and O–H groups in total. The molecule has 0 aliphatic heterocycles. The van der Waals surface area contributed by atoms with Crippen molar-refractivity contribution in [1.29, 1.82) is 0 Å². The van der Waals surface area contributed by atoms with Crippen molar-refractivity contribution in [2.45, 2.75) is 0 Å². The van der Waals surface area contributed by atoms with Crippen LogP contribution in [0, 0.1) is 0 Å². The third-order valence-corrected chi connectivity index (χ3v) is 2.84. The van der Waals surface area contributed by atoms with Crippen molar-refractivity contribution in [3.05, 3.63) is 54.0 Å². The van der Waals surface area contributed by atoms with E-state index in [9.17, 15) is 9.59 Å². The van der Waals surface area contributed by atoms with E-state index in [0.717, 1.165) is 23.6 Å². The molecular formula is C14H9N3O2. The van der Waals surface area contributed by atoms with E-state index in [1.807, 2.05) is 12.3 Å². The molecule has 0 spiro atoms. The van der Waals surface area contributed by atoms with Crippen LogP contribution in [0.25, 0.3) is 16.9 Å². The molecule has 3 aromatic heterocycles. The summed E-state index contributed by atoms with van der Waals surface area (Å²) in [6.07, 6.45) is 6.37. The number of nitrogens with zero attached hydrogens (tertiary/aromatic N) is 3. The van der Waals surface area contributed by atoms with Crippen LogP contribution in [0.2, 0.25) is 0 Å². The summed E-state index contributed by atoms with van der Waals surface area (Å²) in [6, 6.07) is 7.08. The summed E-state index contributed by atoms with van der Waals surface area (Å²) >= 11 is 0. The predicted molar refractivity (Wildman–Crippen MR) is 69.6 cm³/mol. The molecule has 19 heavy (non-hydrogen) atoms. The Morgan fingerprint density at radius 2 is 1.74 bits per heavy atom. The highest BCUT2D eigenvalue weighted by molar-refractivity contribution is 5.85. The number of rotatable bonds is 3. The number of hydrogen-bond donors (Lipinski definition) is 0. The molecule has 0 bridgehead atoms. The van der Waals surface area contributed by atoms with Crippen LogP contribution in [0.5, 0.6) is 0 Å². The van der Waals surface area contributed by atoms with Crippen molar-refractivity contribution in [3.63, 3.8) is 0 Å². The van der Waals surface area contributed by atoms with Gasteiger partial charge in [0.1, 0.15) is 11.5 Å². The molecule has 0 atom stereocenters. The second kappa shape index (κ2) is 4.45. The Morgan fingerprint density at radius 3 is 2.42 bits per heavy atom. The van der Waals surface area contributed by atoms with Gasteiger partial charge in [0.05, 0.1) is 0 Å². The van der Waals surface area contributed by atoms with Crippen LogP contribution in [0.1, 0.15) is 20.7 Å². The number of fused-ring (bicyclic) bond motifs is 1. The van der Waals surface area contributed by atoms with Gasteiger partial charge in [-0.05, 0) is 24.3 Å². The highest BCUT2D eigenvalue weighted by atomic mass is 16.1. The van der Waals surface area contributed by atoms with Crippen molar-refractivity contribution in [2.24, 2.45) is 0 Å². The second-order valence-electron chi connectivity index (χ2n) is 4.05. The fourth-order valence-electron chi connectivity index (χ4n) is 1.90. The van der Waals surface area contributed by atoms with Gasteiger partial charge in [-0.15, -0.1) is 0 Å². The van der Waals surface area contributed by atoms with Gasteiger partial charge in [0.25, 0.3) is 0 Å². The number of hydrogen-bond acceptors (Lipinski definition) is 4. The molecule has 0 amide bonds. The summed E-state index contributed by atoms with van der Waals surface area (Å²) in [5.74, 6) is 0.673. The molecule has 3 aromatic rings. The lowest BCUT2D eigenvalue weighted by Gasteiger charge is -2.03. The lowest BCUT2D eigenvalue weighted by molar-refractivity contribution is 0.111. The third-order valence-electron chi connectivity index (χ3n) is 2.84. The van der Waals surface area contributed by atoms with Crippen LogP contribution < -0.4 is 0 Å². The van der Waals surface area contributed by atoms with Crippen LogP contribution in [0.3, 0.4) is 0 Å². The molecule has 0 radical (unpaired) electrons. The van der Waals surface area contributed by atoms with Crippen LogP contribution in [0.15, 0.2) is 42.9 Å². The summed E-state index contributed by atoms with van der Waals surface area (Å²) in [6.45, 7) is 0. The Morgan fingerprint density at radius 1 is 0.947 bits per heavy atom. The Kier molecular flexibility index (Phi) is 2.64. The molecule has 0 aliphatic rings. The van der Waals surface area contributed by atoms with E-state index < -0.39 is 0 Å². The average molecular weight is 251 g/mol. The quantitative estimate of drug-likeness (QED) is 0.668. The molecule has 0 unspecified atom stereocenters. The van der Waals surface area contributed by atoms with Gasteiger partial charge >= 0.3 is 0 Å². The maximum Gasteiger partial charge on any atom is 0.151 e. The lowest BCUT2D eigenvalue weighted by Crippen LogP contribution is -1.97. The molecule has 0 aliphatic carbocycles. The minimum Gasteiger partial charge on any atom is -0.298 e. The molecule has 5 heteroatoms. The normalized spacial score (nSPS) is 10.5. The third kappa shape index (κ3) is 1.91. The van der Waals surface area contributed by atoms with E-state index >= 15 is 0 Å². The van der Waals surface area contributed by atoms with E-state index in [2.05, 4.69) is 9.97 Å². The number of carbonyl (C=O) groups is 2. The Hall–Kier alpha value is -2.82. The molecule has 0 aromatic carbocycles. The van der Waals surface area contributed by atoms with Gasteiger partial charge in [-0.2, -0.15) is 0 Å². The molecule has 0 saturated carbocycles. The highest BCUT2D eigenvalue weighted by Crippen LogP contribution is 2.18. The molecule has 5 nitrogen and oxygen atoms in total. The first-order valence-electron chi connectivity index (χ1n) is 5.66. The summed E-state index contributed by atoms with van der Waals surface area (Å²) in [5.41, 5.74) is 1.78. The maximum absolute atomic E-state index is 10.7. The summed E-state index contributed by atoms with van der Waals surface area (Å²) < 4.78 is 1.80. The van der Waals surface area contributed by atoms with Crippen molar-refractivity contribution in [2.75, 3.05) is 0 Å². The van der Waals surface area contributed by atoms with Crippen LogP contribution in [-0.2, 0) is 0 Å². The Bertz CT molecular complexity index is 760. The number of pyridine rings is 2. The fourth-order valence-corrected chi connectivity index (χ4v) is 1.90. The first-order valence-corrected chi connectivity index (χ1v) is 5.66. The average Bonchev–Trinajstić information content (AvgIpc) is 2.90. The highest BCUT2D eigenvalue weighted by Gasteiger charge is 2.06. The molecule has 3 heterocycles. The van der Waals surface area contributed by atoms with E-state index in [4.69, 9.17) is 0 Å². The zero-order chi connectivity index (χ0) is 13.2. The van der Waals surface area contributed by atoms with Crippen LogP contribution >= 0.6 is 0 Å².